The lowest BCUT2D eigenvalue weighted by Gasteiger charge is -2.07. The molecule has 0 unspecified atom stereocenters. The number of anilines is 1. The minimum absolute atomic E-state index is 0.208. The number of benzene rings is 2. The van der Waals surface area contributed by atoms with E-state index in [2.05, 4.69) is 17.2 Å². The summed E-state index contributed by atoms with van der Waals surface area (Å²) >= 11 is 6.11. The van der Waals surface area contributed by atoms with Gasteiger partial charge >= 0.3 is 0 Å². The summed E-state index contributed by atoms with van der Waals surface area (Å²) in [5.41, 5.74) is 8.30. The minimum atomic E-state index is -0.208. The molecule has 0 aliphatic heterocycles. The summed E-state index contributed by atoms with van der Waals surface area (Å²) in [4.78, 5) is 12.2. The summed E-state index contributed by atoms with van der Waals surface area (Å²) in [5, 5.41) is 3.27. The number of aryl methyl sites for hydroxylation is 1. The van der Waals surface area contributed by atoms with E-state index < -0.39 is 0 Å². The maximum absolute atomic E-state index is 12.2. The SMILES string of the molecule is Cc1cccc(NC(=O)c2ccc(C#CCN)c(Cl)c2)c1. The highest BCUT2D eigenvalue weighted by Crippen LogP contribution is 2.18. The first-order valence-corrected chi connectivity index (χ1v) is 6.84. The van der Waals surface area contributed by atoms with Crippen LogP contribution < -0.4 is 11.1 Å². The van der Waals surface area contributed by atoms with Crippen molar-refractivity contribution >= 4 is 23.2 Å². The molecule has 0 atom stereocenters. The molecule has 3 N–H and O–H groups in total. The summed E-state index contributed by atoms with van der Waals surface area (Å²) in [7, 11) is 0. The van der Waals surface area contributed by atoms with Gasteiger partial charge in [0.15, 0.2) is 0 Å². The van der Waals surface area contributed by atoms with Gasteiger partial charge in [0, 0.05) is 16.8 Å². The number of nitrogens with one attached hydrogen (secondary N) is 1. The van der Waals surface area contributed by atoms with E-state index in [4.69, 9.17) is 17.3 Å². The summed E-state index contributed by atoms with van der Waals surface area (Å²) in [5.74, 6) is 5.38. The molecule has 0 aliphatic carbocycles. The molecule has 0 radical (unpaired) electrons. The van der Waals surface area contributed by atoms with Gasteiger partial charge in [-0.3, -0.25) is 4.79 Å². The smallest absolute Gasteiger partial charge is 0.255 e. The molecule has 0 saturated heterocycles. The number of hydrogen-bond acceptors (Lipinski definition) is 2. The first-order chi connectivity index (χ1) is 10.1. The second-order valence-corrected chi connectivity index (χ2v) is 4.93. The molecule has 0 fully saturated rings. The largest absolute Gasteiger partial charge is 0.322 e. The Morgan fingerprint density at radius 1 is 1.29 bits per heavy atom. The summed E-state index contributed by atoms with van der Waals surface area (Å²) in [6, 6.07) is 12.6. The molecule has 3 nitrogen and oxygen atoms in total. The van der Waals surface area contributed by atoms with E-state index in [1.165, 1.54) is 0 Å². The predicted octanol–water partition coefficient (Wildman–Crippen LogP) is 3.21. The fraction of sp³-hybridized carbons (Fsp3) is 0.118. The van der Waals surface area contributed by atoms with Gasteiger partial charge in [0.25, 0.3) is 5.91 Å². The third kappa shape index (κ3) is 4.09. The third-order valence-corrected chi connectivity index (χ3v) is 3.15. The molecule has 0 saturated carbocycles. The predicted molar refractivity (Wildman–Crippen MR) is 86.5 cm³/mol. The van der Waals surface area contributed by atoms with E-state index in [9.17, 15) is 4.79 Å². The summed E-state index contributed by atoms with van der Waals surface area (Å²) in [6.45, 7) is 2.24. The molecule has 0 aromatic heterocycles. The molecule has 0 aliphatic rings. The molecule has 4 heteroatoms. The van der Waals surface area contributed by atoms with E-state index >= 15 is 0 Å². The van der Waals surface area contributed by atoms with E-state index in [0.717, 1.165) is 11.3 Å². The first kappa shape index (κ1) is 15.1. The van der Waals surface area contributed by atoms with Gasteiger partial charge in [-0.15, -0.1) is 0 Å². The highest BCUT2D eigenvalue weighted by atomic mass is 35.5. The van der Waals surface area contributed by atoms with Crippen LogP contribution in [0.25, 0.3) is 0 Å². The van der Waals surface area contributed by atoms with Crippen molar-refractivity contribution in [1.29, 1.82) is 0 Å². The van der Waals surface area contributed by atoms with E-state index in [0.29, 0.717) is 16.1 Å². The Bertz CT molecular complexity index is 729. The zero-order chi connectivity index (χ0) is 15.2. The van der Waals surface area contributed by atoms with E-state index in [-0.39, 0.29) is 12.5 Å². The van der Waals surface area contributed by atoms with Crippen LogP contribution in [0.15, 0.2) is 42.5 Å². The molecule has 2 aromatic carbocycles. The van der Waals surface area contributed by atoms with Crippen LogP contribution in [-0.4, -0.2) is 12.5 Å². The van der Waals surface area contributed by atoms with Crippen molar-refractivity contribution in [3.05, 3.63) is 64.2 Å². The second kappa shape index (κ2) is 6.94. The van der Waals surface area contributed by atoms with Crippen LogP contribution in [0.2, 0.25) is 5.02 Å². The average Bonchev–Trinajstić information content (AvgIpc) is 2.46. The maximum atomic E-state index is 12.2. The Kier molecular flexibility index (Phi) is 4.99. The molecule has 0 bridgehead atoms. The van der Waals surface area contributed by atoms with Gasteiger partial charge < -0.3 is 11.1 Å². The van der Waals surface area contributed by atoms with Crippen LogP contribution >= 0.6 is 11.6 Å². The van der Waals surface area contributed by atoms with Crippen LogP contribution in [0.1, 0.15) is 21.5 Å². The van der Waals surface area contributed by atoms with Crippen molar-refractivity contribution in [2.24, 2.45) is 5.73 Å². The Labute approximate surface area is 129 Å². The average molecular weight is 299 g/mol. The lowest BCUT2D eigenvalue weighted by Crippen LogP contribution is -2.12. The van der Waals surface area contributed by atoms with Gasteiger partial charge in [0.05, 0.1) is 11.6 Å². The number of rotatable bonds is 2. The molecule has 0 heterocycles. The third-order valence-electron chi connectivity index (χ3n) is 2.83. The maximum Gasteiger partial charge on any atom is 0.255 e. The van der Waals surface area contributed by atoms with Crippen LogP contribution in [-0.2, 0) is 0 Å². The fourth-order valence-electron chi connectivity index (χ4n) is 1.83. The van der Waals surface area contributed by atoms with Crippen LogP contribution in [0.4, 0.5) is 5.69 Å². The van der Waals surface area contributed by atoms with Crippen LogP contribution in [0, 0.1) is 18.8 Å². The lowest BCUT2D eigenvalue weighted by atomic mass is 10.1. The van der Waals surface area contributed by atoms with Crippen molar-refractivity contribution in [2.75, 3.05) is 11.9 Å². The monoisotopic (exact) mass is 298 g/mol. The number of halogens is 1. The Hall–Kier alpha value is -2.28. The van der Waals surface area contributed by atoms with Crippen molar-refractivity contribution in [3.8, 4) is 11.8 Å². The van der Waals surface area contributed by atoms with Gasteiger partial charge in [-0.1, -0.05) is 35.6 Å². The van der Waals surface area contributed by atoms with E-state index in [1.807, 2.05) is 31.2 Å². The lowest BCUT2D eigenvalue weighted by molar-refractivity contribution is 0.102. The van der Waals surface area contributed by atoms with Gasteiger partial charge in [-0.2, -0.15) is 0 Å². The molecule has 2 rings (SSSR count). The van der Waals surface area contributed by atoms with E-state index in [1.54, 1.807) is 18.2 Å². The molecule has 0 spiro atoms. The fourth-order valence-corrected chi connectivity index (χ4v) is 2.06. The second-order valence-electron chi connectivity index (χ2n) is 4.52. The Morgan fingerprint density at radius 2 is 2.10 bits per heavy atom. The highest BCUT2D eigenvalue weighted by molar-refractivity contribution is 6.32. The van der Waals surface area contributed by atoms with Crippen molar-refractivity contribution in [3.63, 3.8) is 0 Å². The normalized spacial score (nSPS) is 9.67. The Morgan fingerprint density at radius 3 is 2.76 bits per heavy atom. The molecular formula is C17H15ClN2O. The standard InChI is InChI=1S/C17H15ClN2O/c1-12-4-2-6-15(10-12)20-17(21)14-8-7-13(5-3-9-19)16(18)11-14/h2,4,6-8,10-11H,9,19H2,1H3,(H,20,21). The zero-order valence-electron chi connectivity index (χ0n) is 11.6. The molecule has 2 aromatic rings. The van der Waals surface area contributed by atoms with Gasteiger partial charge in [0.2, 0.25) is 0 Å². The minimum Gasteiger partial charge on any atom is -0.322 e. The number of nitrogens with two attached hydrogens (primary N) is 1. The topological polar surface area (TPSA) is 55.1 Å². The van der Waals surface area contributed by atoms with Gasteiger partial charge in [0.1, 0.15) is 0 Å². The van der Waals surface area contributed by atoms with Crippen LogP contribution in [0.5, 0.6) is 0 Å². The molecule has 106 valence electrons. The van der Waals surface area contributed by atoms with Crippen molar-refractivity contribution in [2.45, 2.75) is 6.92 Å². The quantitative estimate of drug-likeness (QED) is 0.837. The van der Waals surface area contributed by atoms with Gasteiger partial charge in [-0.05, 0) is 42.8 Å². The molecule has 21 heavy (non-hydrogen) atoms. The van der Waals surface area contributed by atoms with Gasteiger partial charge in [-0.25, -0.2) is 0 Å². The molecular weight excluding hydrogens is 284 g/mol. The first-order valence-electron chi connectivity index (χ1n) is 6.46. The van der Waals surface area contributed by atoms with Crippen LogP contribution in [0.3, 0.4) is 0 Å². The summed E-state index contributed by atoms with van der Waals surface area (Å²) < 4.78 is 0. The highest BCUT2D eigenvalue weighted by Gasteiger charge is 2.08. The zero-order valence-corrected chi connectivity index (χ0v) is 12.4. The van der Waals surface area contributed by atoms with Crippen molar-refractivity contribution in [1.82, 2.24) is 0 Å². The number of hydrogen-bond donors (Lipinski definition) is 2. The number of carbonyl (C=O) groups is 1. The number of amides is 1. The Balaban J connectivity index is 2.18. The number of carbonyl (C=O) groups excluding carboxylic acids is 1. The molecule has 1 amide bonds. The van der Waals surface area contributed by atoms with Crippen molar-refractivity contribution < 1.29 is 4.79 Å². The summed E-state index contributed by atoms with van der Waals surface area (Å²) in [6.07, 6.45) is 0.